The first-order valence-corrected chi connectivity index (χ1v) is 6.23. The Morgan fingerprint density at radius 1 is 1.29 bits per heavy atom. The maximum atomic E-state index is 5.86. The van der Waals surface area contributed by atoms with Crippen LogP contribution in [-0.4, -0.2) is 13.1 Å². The molecule has 1 aliphatic rings. The zero-order chi connectivity index (χ0) is 11.7. The molecule has 2 aromatic rings. The Labute approximate surface area is 101 Å². The summed E-state index contributed by atoms with van der Waals surface area (Å²) in [6, 6.07) is 8.09. The number of nitrogens with two attached hydrogens (primary N) is 1. The predicted molar refractivity (Wildman–Crippen MR) is 70.0 cm³/mol. The SMILES string of the molecule is NCC1(CNc2coc3ccccc23)CCC1. The molecule has 0 unspecified atom stereocenters. The van der Waals surface area contributed by atoms with Crippen LogP contribution in [0, 0.1) is 5.41 Å². The molecule has 0 spiro atoms. The molecule has 1 aliphatic carbocycles. The summed E-state index contributed by atoms with van der Waals surface area (Å²) in [6.07, 6.45) is 5.59. The zero-order valence-electron chi connectivity index (χ0n) is 9.91. The number of rotatable bonds is 4. The van der Waals surface area contributed by atoms with Gasteiger partial charge >= 0.3 is 0 Å². The van der Waals surface area contributed by atoms with Gasteiger partial charge in [0.25, 0.3) is 0 Å². The second kappa shape index (κ2) is 4.08. The topological polar surface area (TPSA) is 51.2 Å². The minimum absolute atomic E-state index is 0.318. The number of para-hydroxylation sites is 1. The fraction of sp³-hybridized carbons (Fsp3) is 0.429. The Morgan fingerprint density at radius 3 is 2.82 bits per heavy atom. The van der Waals surface area contributed by atoms with E-state index >= 15 is 0 Å². The van der Waals surface area contributed by atoms with Crippen LogP contribution in [0.1, 0.15) is 19.3 Å². The van der Waals surface area contributed by atoms with Gasteiger partial charge in [-0.3, -0.25) is 0 Å². The summed E-state index contributed by atoms with van der Waals surface area (Å²) in [5, 5.41) is 4.64. The molecule has 1 aromatic carbocycles. The lowest BCUT2D eigenvalue weighted by atomic mass is 9.69. The fourth-order valence-corrected chi connectivity index (χ4v) is 2.53. The maximum Gasteiger partial charge on any atom is 0.136 e. The highest BCUT2D eigenvalue weighted by atomic mass is 16.3. The van der Waals surface area contributed by atoms with Crippen molar-refractivity contribution in [2.75, 3.05) is 18.4 Å². The summed E-state index contributed by atoms with van der Waals surface area (Å²) in [4.78, 5) is 0. The largest absolute Gasteiger partial charge is 0.462 e. The van der Waals surface area contributed by atoms with E-state index in [4.69, 9.17) is 10.2 Å². The minimum Gasteiger partial charge on any atom is -0.462 e. The molecule has 0 aliphatic heterocycles. The average Bonchev–Trinajstić information content (AvgIpc) is 2.72. The lowest BCUT2D eigenvalue weighted by molar-refractivity contribution is 0.163. The molecule has 1 heterocycles. The Balaban J connectivity index is 1.77. The van der Waals surface area contributed by atoms with E-state index in [0.717, 1.165) is 29.7 Å². The highest BCUT2D eigenvalue weighted by Crippen LogP contribution is 2.40. The molecule has 0 bridgehead atoms. The third-order valence-corrected chi connectivity index (χ3v) is 3.98. The van der Waals surface area contributed by atoms with Crippen LogP contribution in [0.15, 0.2) is 34.9 Å². The molecule has 1 saturated carbocycles. The fourth-order valence-electron chi connectivity index (χ4n) is 2.53. The molecule has 0 amide bonds. The standard InChI is InChI=1S/C14H18N2O/c15-9-14(6-3-7-14)10-16-12-8-17-13-5-2-1-4-11(12)13/h1-2,4-5,8,16H,3,6-7,9-10,15H2. The van der Waals surface area contributed by atoms with Crippen LogP contribution in [0.25, 0.3) is 11.0 Å². The van der Waals surface area contributed by atoms with Crippen LogP contribution in [0.3, 0.4) is 0 Å². The monoisotopic (exact) mass is 230 g/mol. The minimum atomic E-state index is 0.318. The maximum absolute atomic E-state index is 5.86. The highest BCUT2D eigenvalue weighted by molar-refractivity contribution is 5.90. The molecular formula is C14H18N2O. The average molecular weight is 230 g/mol. The molecule has 3 nitrogen and oxygen atoms in total. The number of anilines is 1. The van der Waals surface area contributed by atoms with Gasteiger partial charge in [-0.15, -0.1) is 0 Å². The Kier molecular flexibility index (Phi) is 2.56. The van der Waals surface area contributed by atoms with Gasteiger partial charge in [0.15, 0.2) is 0 Å². The summed E-state index contributed by atoms with van der Waals surface area (Å²) < 4.78 is 5.51. The summed E-state index contributed by atoms with van der Waals surface area (Å²) in [7, 11) is 0. The third-order valence-electron chi connectivity index (χ3n) is 3.98. The van der Waals surface area contributed by atoms with Gasteiger partial charge in [-0.1, -0.05) is 18.6 Å². The molecule has 90 valence electrons. The van der Waals surface area contributed by atoms with Crippen molar-refractivity contribution >= 4 is 16.7 Å². The van der Waals surface area contributed by atoms with Gasteiger partial charge in [-0.05, 0) is 36.9 Å². The molecule has 3 rings (SSSR count). The Morgan fingerprint density at radius 2 is 2.12 bits per heavy atom. The van der Waals surface area contributed by atoms with E-state index < -0.39 is 0 Å². The lowest BCUT2D eigenvalue weighted by Gasteiger charge is -2.41. The smallest absolute Gasteiger partial charge is 0.136 e. The van der Waals surface area contributed by atoms with Crippen LogP contribution in [-0.2, 0) is 0 Å². The number of nitrogens with one attached hydrogen (secondary N) is 1. The molecule has 3 heteroatoms. The Hall–Kier alpha value is -1.48. The molecule has 0 saturated heterocycles. The lowest BCUT2D eigenvalue weighted by Crippen LogP contribution is -2.42. The predicted octanol–water partition coefficient (Wildman–Crippen LogP) is 2.97. The van der Waals surface area contributed by atoms with Gasteiger partial charge < -0.3 is 15.5 Å². The molecule has 0 atom stereocenters. The van der Waals surface area contributed by atoms with Gasteiger partial charge in [0.05, 0.1) is 5.69 Å². The number of hydrogen-bond donors (Lipinski definition) is 2. The summed E-state index contributed by atoms with van der Waals surface area (Å²) in [5.74, 6) is 0. The van der Waals surface area contributed by atoms with Crippen LogP contribution < -0.4 is 11.1 Å². The normalized spacial score (nSPS) is 17.9. The third kappa shape index (κ3) is 1.80. The summed E-state index contributed by atoms with van der Waals surface area (Å²) >= 11 is 0. The quantitative estimate of drug-likeness (QED) is 0.849. The van der Waals surface area contributed by atoms with Gasteiger partial charge in [0.1, 0.15) is 11.8 Å². The van der Waals surface area contributed by atoms with E-state index in [-0.39, 0.29) is 0 Å². The summed E-state index contributed by atoms with van der Waals surface area (Å²) in [5.41, 5.74) is 8.19. The van der Waals surface area contributed by atoms with Crippen LogP contribution >= 0.6 is 0 Å². The van der Waals surface area contributed by atoms with Crippen molar-refractivity contribution < 1.29 is 4.42 Å². The van der Waals surface area contributed by atoms with Crippen LogP contribution in [0.2, 0.25) is 0 Å². The van der Waals surface area contributed by atoms with Gasteiger partial charge in [-0.2, -0.15) is 0 Å². The van der Waals surface area contributed by atoms with Crippen LogP contribution in [0.4, 0.5) is 5.69 Å². The first-order valence-electron chi connectivity index (χ1n) is 6.23. The summed E-state index contributed by atoms with van der Waals surface area (Å²) in [6.45, 7) is 1.73. The second-order valence-electron chi connectivity index (χ2n) is 5.06. The first-order chi connectivity index (χ1) is 8.33. The van der Waals surface area contributed by atoms with Crippen LogP contribution in [0.5, 0.6) is 0 Å². The van der Waals surface area contributed by atoms with Gasteiger partial charge in [-0.25, -0.2) is 0 Å². The molecular weight excluding hydrogens is 212 g/mol. The highest BCUT2D eigenvalue weighted by Gasteiger charge is 2.35. The Bertz CT molecular complexity index is 508. The van der Waals surface area contributed by atoms with E-state index in [9.17, 15) is 0 Å². The van der Waals surface area contributed by atoms with Crippen molar-refractivity contribution in [1.29, 1.82) is 0 Å². The molecule has 0 radical (unpaired) electrons. The van der Waals surface area contributed by atoms with Crippen molar-refractivity contribution in [3.8, 4) is 0 Å². The van der Waals surface area contributed by atoms with E-state index in [2.05, 4.69) is 11.4 Å². The van der Waals surface area contributed by atoms with Crippen molar-refractivity contribution in [2.24, 2.45) is 11.1 Å². The zero-order valence-corrected chi connectivity index (χ0v) is 9.91. The van der Waals surface area contributed by atoms with Crippen molar-refractivity contribution in [2.45, 2.75) is 19.3 Å². The van der Waals surface area contributed by atoms with E-state index in [1.165, 1.54) is 19.3 Å². The van der Waals surface area contributed by atoms with E-state index in [0.29, 0.717) is 5.41 Å². The molecule has 17 heavy (non-hydrogen) atoms. The van der Waals surface area contributed by atoms with E-state index in [1.807, 2.05) is 18.2 Å². The van der Waals surface area contributed by atoms with Crippen molar-refractivity contribution in [3.05, 3.63) is 30.5 Å². The van der Waals surface area contributed by atoms with Gasteiger partial charge in [0, 0.05) is 11.9 Å². The van der Waals surface area contributed by atoms with E-state index in [1.54, 1.807) is 6.26 Å². The van der Waals surface area contributed by atoms with Crippen molar-refractivity contribution in [1.82, 2.24) is 0 Å². The molecule has 1 aromatic heterocycles. The molecule has 3 N–H and O–H groups in total. The van der Waals surface area contributed by atoms with Crippen molar-refractivity contribution in [3.63, 3.8) is 0 Å². The first kappa shape index (κ1) is 10.7. The second-order valence-corrected chi connectivity index (χ2v) is 5.06. The number of hydrogen-bond acceptors (Lipinski definition) is 3. The molecule has 1 fully saturated rings. The number of benzene rings is 1. The number of furan rings is 1. The number of fused-ring (bicyclic) bond motifs is 1. The van der Waals surface area contributed by atoms with Gasteiger partial charge in [0.2, 0.25) is 0 Å².